The molecule has 0 spiro atoms. The van der Waals surface area contributed by atoms with E-state index in [0.29, 0.717) is 5.02 Å². The number of terminal acetylenes is 1. The number of hydrogen-bond donors (Lipinski definition) is 0. The van der Waals surface area contributed by atoms with Crippen LogP contribution >= 0.6 is 11.6 Å². The maximum absolute atomic E-state index is 5.82. The largest absolute Gasteiger partial charge is 0.264 e. The summed E-state index contributed by atoms with van der Waals surface area (Å²) in [4.78, 5) is 4.06. The van der Waals surface area contributed by atoms with Gasteiger partial charge in [0.1, 0.15) is 0 Å². The van der Waals surface area contributed by atoms with Gasteiger partial charge in [-0.2, -0.15) is 0 Å². The Morgan fingerprint density at radius 1 is 1.13 bits per heavy atom. The van der Waals surface area contributed by atoms with Crippen molar-refractivity contribution in [1.82, 2.24) is 4.98 Å². The van der Waals surface area contributed by atoms with E-state index in [1.807, 2.05) is 30.3 Å². The van der Waals surface area contributed by atoms with Crippen LogP contribution in [-0.4, -0.2) is 4.98 Å². The van der Waals surface area contributed by atoms with Crippen LogP contribution in [0.25, 0.3) is 11.1 Å². The Kier molecular flexibility index (Phi) is 2.71. The summed E-state index contributed by atoms with van der Waals surface area (Å²) in [6, 6.07) is 9.36. The molecular formula is C13H8ClN. The Labute approximate surface area is 93.7 Å². The van der Waals surface area contributed by atoms with Crippen LogP contribution in [0.2, 0.25) is 5.02 Å². The summed E-state index contributed by atoms with van der Waals surface area (Å²) in [6.45, 7) is 0. The Morgan fingerprint density at radius 2 is 1.87 bits per heavy atom. The van der Waals surface area contributed by atoms with Gasteiger partial charge in [-0.05, 0) is 23.8 Å². The zero-order chi connectivity index (χ0) is 10.7. The molecule has 0 aliphatic heterocycles. The fourth-order valence-electron chi connectivity index (χ4n) is 1.38. The van der Waals surface area contributed by atoms with Crippen molar-refractivity contribution < 1.29 is 0 Å². The fraction of sp³-hybridized carbons (Fsp3) is 0. The number of aromatic nitrogens is 1. The average molecular weight is 214 g/mol. The molecule has 1 heterocycles. The molecule has 2 aromatic rings. The smallest absolute Gasteiger partial charge is 0.0406 e. The Morgan fingerprint density at radius 3 is 2.53 bits per heavy atom. The van der Waals surface area contributed by atoms with Crippen LogP contribution < -0.4 is 0 Å². The molecule has 0 amide bonds. The molecule has 0 radical (unpaired) electrons. The van der Waals surface area contributed by atoms with Gasteiger partial charge in [-0.1, -0.05) is 29.7 Å². The normalized spacial score (nSPS) is 9.60. The molecule has 0 saturated carbocycles. The van der Waals surface area contributed by atoms with E-state index in [1.54, 1.807) is 12.4 Å². The third-order valence-electron chi connectivity index (χ3n) is 2.13. The summed E-state index contributed by atoms with van der Waals surface area (Å²) in [6.07, 6.45) is 8.87. The summed E-state index contributed by atoms with van der Waals surface area (Å²) >= 11 is 5.82. The van der Waals surface area contributed by atoms with Crippen molar-refractivity contribution in [3.8, 4) is 23.5 Å². The standard InChI is InChI=1S/C13H8ClN/c1-2-10-7-8-15-9-13(10)11-3-5-12(14)6-4-11/h1,3-9H. The highest BCUT2D eigenvalue weighted by atomic mass is 35.5. The second-order valence-electron chi connectivity index (χ2n) is 3.07. The van der Waals surface area contributed by atoms with Crippen LogP contribution in [0.3, 0.4) is 0 Å². The van der Waals surface area contributed by atoms with Gasteiger partial charge < -0.3 is 0 Å². The van der Waals surface area contributed by atoms with E-state index in [9.17, 15) is 0 Å². The van der Waals surface area contributed by atoms with E-state index in [0.717, 1.165) is 16.7 Å². The van der Waals surface area contributed by atoms with Crippen molar-refractivity contribution in [3.63, 3.8) is 0 Å². The van der Waals surface area contributed by atoms with Crippen LogP contribution in [0.1, 0.15) is 5.56 Å². The zero-order valence-electron chi connectivity index (χ0n) is 7.94. The lowest BCUT2D eigenvalue weighted by molar-refractivity contribution is 1.32. The minimum atomic E-state index is 0.713. The van der Waals surface area contributed by atoms with Crippen molar-refractivity contribution in [2.75, 3.05) is 0 Å². The van der Waals surface area contributed by atoms with Gasteiger partial charge in [0.25, 0.3) is 0 Å². The topological polar surface area (TPSA) is 12.9 Å². The van der Waals surface area contributed by atoms with E-state index < -0.39 is 0 Å². The first-order valence-electron chi connectivity index (χ1n) is 4.48. The summed E-state index contributed by atoms with van der Waals surface area (Å²) in [5.41, 5.74) is 2.82. The predicted octanol–water partition coefficient (Wildman–Crippen LogP) is 3.38. The molecule has 1 aromatic carbocycles. The molecule has 0 N–H and O–H groups in total. The quantitative estimate of drug-likeness (QED) is 0.662. The van der Waals surface area contributed by atoms with E-state index in [-0.39, 0.29) is 0 Å². The molecule has 1 nitrogen and oxygen atoms in total. The van der Waals surface area contributed by atoms with Crippen molar-refractivity contribution in [1.29, 1.82) is 0 Å². The molecular weight excluding hydrogens is 206 g/mol. The number of halogens is 1. The summed E-state index contributed by atoms with van der Waals surface area (Å²) < 4.78 is 0. The second kappa shape index (κ2) is 4.16. The second-order valence-corrected chi connectivity index (χ2v) is 3.51. The molecule has 1 aromatic heterocycles. The summed E-state index contributed by atoms with van der Waals surface area (Å²) in [7, 11) is 0. The first-order chi connectivity index (χ1) is 7.31. The van der Waals surface area contributed by atoms with Gasteiger partial charge >= 0.3 is 0 Å². The highest BCUT2D eigenvalue weighted by molar-refractivity contribution is 6.30. The number of benzene rings is 1. The third kappa shape index (κ3) is 2.01. The molecule has 0 bridgehead atoms. The third-order valence-corrected chi connectivity index (χ3v) is 2.38. The Hall–Kier alpha value is -1.78. The predicted molar refractivity (Wildman–Crippen MR) is 62.6 cm³/mol. The lowest BCUT2D eigenvalue weighted by atomic mass is 10.0. The van der Waals surface area contributed by atoms with Crippen LogP contribution in [-0.2, 0) is 0 Å². The molecule has 0 unspecified atom stereocenters. The molecule has 2 rings (SSSR count). The summed E-state index contributed by atoms with van der Waals surface area (Å²) in [5, 5.41) is 0.713. The van der Waals surface area contributed by atoms with Crippen molar-refractivity contribution in [2.45, 2.75) is 0 Å². The Bertz CT molecular complexity index is 509. The lowest BCUT2D eigenvalue weighted by Crippen LogP contribution is -1.85. The molecule has 0 atom stereocenters. The minimum absolute atomic E-state index is 0.713. The van der Waals surface area contributed by atoms with Gasteiger partial charge in [-0.15, -0.1) is 6.42 Å². The highest BCUT2D eigenvalue weighted by Gasteiger charge is 2.02. The lowest BCUT2D eigenvalue weighted by Gasteiger charge is -2.03. The van der Waals surface area contributed by atoms with Gasteiger partial charge in [0.05, 0.1) is 0 Å². The number of nitrogens with zero attached hydrogens (tertiary/aromatic N) is 1. The van der Waals surface area contributed by atoms with E-state index in [4.69, 9.17) is 18.0 Å². The van der Waals surface area contributed by atoms with E-state index in [1.165, 1.54) is 0 Å². The van der Waals surface area contributed by atoms with Crippen LogP contribution in [0.4, 0.5) is 0 Å². The van der Waals surface area contributed by atoms with Gasteiger partial charge in [0, 0.05) is 28.5 Å². The monoisotopic (exact) mass is 213 g/mol. The van der Waals surface area contributed by atoms with Gasteiger partial charge in [0.2, 0.25) is 0 Å². The minimum Gasteiger partial charge on any atom is -0.264 e. The molecule has 0 fully saturated rings. The average Bonchev–Trinajstić information content (AvgIpc) is 2.30. The number of rotatable bonds is 1. The SMILES string of the molecule is C#Cc1ccncc1-c1ccc(Cl)cc1. The molecule has 0 aliphatic rings. The van der Waals surface area contributed by atoms with E-state index in [2.05, 4.69) is 10.9 Å². The van der Waals surface area contributed by atoms with Crippen LogP contribution in [0.15, 0.2) is 42.7 Å². The molecule has 15 heavy (non-hydrogen) atoms. The van der Waals surface area contributed by atoms with Crippen LogP contribution in [0.5, 0.6) is 0 Å². The summed E-state index contributed by atoms with van der Waals surface area (Å²) in [5.74, 6) is 2.64. The maximum Gasteiger partial charge on any atom is 0.0406 e. The fourth-order valence-corrected chi connectivity index (χ4v) is 1.51. The maximum atomic E-state index is 5.82. The van der Waals surface area contributed by atoms with Crippen molar-refractivity contribution in [2.24, 2.45) is 0 Å². The van der Waals surface area contributed by atoms with Crippen molar-refractivity contribution >= 4 is 11.6 Å². The van der Waals surface area contributed by atoms with Crippen molar-refractivity contribution in [3.05, 3.63) is 53.3 Å². The van der Waals surface area contributed by atoms with Gasteiger partial charge in [0.15, 0.2) is 0 Å². The molecule has 0 saturated heterocycles. The molecule has 2 heteroatoms. The molecule has 72 valence electrons. The number of hydrogen-bond acceptors (Lipinski definition) is 1. The highest BCUT2D eigenvalue weighted by Crippen LogP contribution is 2.23. The first kappa shape index (κ1) is 9.76. The van der Waals surface area contributed by atoms with Gasteiger partial charge in [-0.3, -0.25) is 4.98 Å². The van der Waals surface area contributed by atoms with E-state index >= 15 is 0 Å². The first-order valence-corrected chi connectivity index (χ1v) is 4.85. The number of pyridine rings is 1. The zero-order valence-corrected chi connectivity index (χ0v) is 8.70. The Balaban J connectivity index is 2.55. The van der Waals surface area contributed by atoms with Gasteiger partial charge in [-0.25, -0.2) is 0 Å². The molecule has 0 aliphatic carbocycles. The van der Waals surface area contributed by atoms with Crippen LogP contribution in [0, 0.1) is 12.3 Å².